The lowest BCUT2D eigenvalue weighted by atomic mass is 10.1. The first kappa shape index (κ1) is 15.4. The summed E-state index contributed by atoms with van der Waals surface area (Å²) in [6.45, 7) is 3.84. The Bertz CT molecular complexity index is 499. The van der Waals surface area contributed by atoms with Gasteiger partial charge >= 0.3 is 0 Å². The van der Waals surface area contributed by atoms with Crippen LogP contribution in [0.5, 0.6) is 0 Å². The van der Waals surface area contributed by atoms with Gasteiger partial charge in [-0.25, -0.2) is 0 Å². The molecule has 0 radical (unpaired) electrons. The zero-order valence-electron chi connectivity index (χ0n) is 12.2. The van der Waals surface area contributed by atoms with Gasteiger partial charge in [-0.05, 0) is 25.3 Å². The van der Waals surface area contributed by atoms with E-state index in [0.717, 1.165) is 25.9 Å². The van der Waals surface area contributed by atoms with E-state index in [4.69, 9.17) is 4.74 Å². The summed E-state index contributed by atoms with van der Waals surface area (Å²) in [5, 5.41) is 5.58. The first-order chi connectivity index (χ1) is 10.2. The number of nitrogens with one attached hydrogen (secondary N) is 2. The van der Waals surface area contributed by atoms with Crippen LogP contribution >= 0.6 is 0 Å². The SMILES string of the molecule is CCCNC(=O)c1cncc(C(=O)NCC2CCCO2)c1. The molecular weight excluding hydrogens is 270 g/mol. The number of pyridine rings is 1. The number of hydrogen-bond donors (Lipinski definition) is 2. The second-order valence-electron chi connectivity index (χ2n) is 5.06. The molecule has 0 aromatic carbocycles. The van der Waals surface area contributed by atoms with Crippen LogP contribution in [0.2, 0.25) is 0 Å². The Labute approximate surface area is 124 Å². The Hall–Kier alpha value is -1.95. The molecule has 2 heterocycles. The van der Waals surface area contributed by atoms with Gasteiger partial charge in [-0.3, -0.25) is 14.6 Å². The monoisotopic (exact) mass is 291 g/mol. The highest BCUT2D eigenvalue weighted by Gasteiger charge is 2.17. The minimum absolute atomic E-state index is 0.0953. The molecule has 1 unspecified atom stereocenters. The standard InChI is InChI=1S/C15H21N3O3/c1-2-5-17-14(19)11-7-12(9-16-8-11)15(20)18-10-13-4-3-6-21-13/h7-9,13H,2-6,10H2,1H3,(H,17,19)(H,18,20). The van der Waals surface area contributed by atoms with Gasteiger partial charge in [-0.15, -0.1) is 0 Å². The van der Waals surface area contributed by atoms with Gasteiger partial charge in [0.2, 0.25) is 0 Å². The van der Waals surface area contributed by atoms with Crippen LogP contribution in [-0.2, 0) is 4.74 Å². The molecule has 114 valence electrons. The van der Waals surface area contributed by atoms with Gasteiger partial charge in [0.15, 0.2) is 0 Å². The number of nitrogens with zero attached hydrogens (tertiary/aromatic N) is 1. The van der Waals surface area contributed by atoms with Crippen molar-refractivity contribution < 1.29 is 14.3 Å². The zero-order chi connectivity index (χ0) is 15.1. The summed E-state index contributed by atoms with van der Waals surface area (Å²) in [6.07, 6.45) is 5.88. The lowest BCUT2D eigenvalue weighted by Crippen LogP contribution is -2.32. The zero-order valence-corrected chi connectivity index (χ0v) is 12.2. The number of aromatic nitrogens is 1. The molecule has 2 N–H and O–H groups in total. The van der Waals surface area contributed by atoms with Crippen molar-refractivity contribution in [2.24, 2.45) is 0 Å². The highest BCUT2D eigenvalue weighted by molar-refractivity contribution is 5.99. The van der Waals surface area contributed by atoms with Crippen LogP contribution in [0.15, 0.2) is 18.5 Å². The molecule has 0 aliphatic carbocycles. The van der Waals surface area contributed by atoms with Crippen molar-refractivity contribution in [2.45, 2.75) is 32.3 Å². The van der Waals surface area contributed by atoms with Gasteiger partial charge in [0.1, 0.15) is 0 Å². The van der Waals surface area contributed by atoms with E-state index >= 15 is 0 Å². The Morgan fingerprint density at radius 3 is 2.62 bits per heavy atom. The number of amides is 2. The topological polar surface area (TPSA) is 80.3 Å². The minimum Gasteiger partial charge on any atom is -0.376 e. The van der Waals surface area contributed by atoms with E-state index in [1.807, 2.05) is 6.92 Å². The van der Waals surface area contributed by atoms with Crippen LogP contribution in [-0.4, -0.2) is 42.6 Å². The number of ether oxygens (including phenoxy) is 1. The van der Waals surface area contributed by atoms with Crippen molar-refractivity contribution in [2.75, 3.05) is 19.7 Å². The quantitative estimate of drug-likeness (QED) is 0.823. The van der Waals surface area contributed by atoms with Crippen LogP contribution < -0.4 is 10.6 Å². The first-order valence-corrected chi connectivity index (χ1v) is 7.33. The van der Waals surface area contributed by atoms with E-state index in [9.17, 15) is 9.59 Å². The van der Waals surface area contributed by atoms with Crippen molar-refractivity contribution in [3.63, 3.8) is 0 Å². The maximum absolute atomic E-state index is 12.1. The molecule has 6 heteroatoms. The Kier molecular flexibility index (Phi) is 5.68. The van der Waals surface area contributed by atoms with E-state index in [-0.39, 0.29) is 17.9 Å². The third-order valence-electron chi connectivity index (χ3n) is 3.31. The molecule has 2 amide bonds. The van der Waals surface area contributed by atoms with Crippen LogP contribution in [0.3, 0.4) is 0 Å². The van der Waals surface area contributed by atoms with Crippen LogP contribution in [0.25, 0.3) is 0 Å². The van der Waals surface area contributed by atoms with Crippen molar-refractivity contribution in [3.05, 3.63) is 29.6 Å². The fourth-order valence-corrected chi connectivity index (χ4v) is 2.14. The van der Waals surface area contributed by atoms with Crippen LogP contribution in [0.4, 0.5) is 0 Å². The van der Waals surface area contributed by atoms with E-state index < -0.39 is 0 Å². The maximum Gasteiger partial charge on any atom is 0.252 e. The molecular formula is C15H21N3O3. The van der Waals surface area contributed by atoms with Gasteiger partial charge in [0.25, 0.3) is 11.8 Å². The molecule has 2 rings (SSSR count). The van der Waals surface area contributed by atoms with Gasteiger partial charge in [-0.2, -0.15) is 0 Å². The highest BCUT2D eigenvalue weighted by Crippen LogP contribution is 2.11. The van der Waals surface area contributed by atoms with Crippen molar-refractivity contribution in [3.8, 4) is 0 Å². The fraction of sp³-hybridized carbons (Fsp3) is 0.533. The molecule has 0 bridgehead atoms. The molecule has 1 saturated heterocycles. The largest absolute Gasteiger partial charge is 0.376 e. The predicted molar refractivity (Wildman–Crippen MR) is 78.2 cm³/mol. The van der Waals surface area contributed by atoms with Crippen molar-refractivity contribution in [1.82, 2.24) is 15.6 Å². The van der Waals surface area contributed by atoms with E-state index in [1.54, 1.807) is 6.07 Å². The molecule has 0 spiro atoms. The first-order valence-electron chi connectivity index (χ1n) is 7.33. The molecule has 0 saturated carbocycles. The van der Waals surface area contributed by atoms with Crippen molar-refractivity contribution >= 4 is 11.8 Å². The molecule has 1 atom stereocenters. The number of hydrogen-bond acceptors (Lipinski definition) is 4. The molecule has 1 aliphatic heterocycles. The molecule has 21 heavy (non-hydrogen) atoms. The molecule has 1 aromatic rings. The predicted octanol–water partition coefficient (Wildman–Crippen LogP) is 1.13. The Balaban J connectivity index is 1.92. The lowest BCUT2D eigenvalue weighted by Gasteiger charge is -2.11. The summed E-state index contributed by atoms with van der Waals surface area (Å²) in [6, 6.07) is 1.56. The molecule has 1 aromatic heterocycles. The number of rotatable bonds is 6. The Morgan fingerprint density at radius 2 is 2.00 bits per heavy atom. The number of carbonyl (C=O) groups excluding carboxylic acids is 2. The van der Waals surface area contributed by atoms with Gasteiger partial charge in [0, 0.05) is 32.1 Å². The third-order valence-corrected chi connectivity index (χ3v) is 3.31. The summed E-state index contributed by atoms with van der Waals surface area (Å²) in [5.41, 5.74) is 0.783. The summed E-state index contributed by atoms with van der Waals surface area (Å²) in [4.78, 5) is 27.9. The summed E-state index contributed by atoms with van der Waals surface area (Å²) < 4.78 is 5.45. The normalized spacial score (nSPS) is 17.5. The summed E-state index contributed by atoms with van der Waals surface area (Å²) >= 11 is 0. The van der Waals surface area contributed by atoms with E-state index in [0.29, 0.717) is 24.2 Å². The fourth-order valence-electron chi connectivity index (χ4n) is 2.14. The second kappa shape index (κ2) is 7.73. The highest BCUT2D eigenvalue weighted by atomic mass is 16.5. The second-order valence-corrected chi connectivity index (χ2v) is 5.06. The van der Waals surface area contributed by atoms with Gasteiger partial charge in [0.05, 0.1) is 17.2 Å². The van der Waals surface area contributed by atoms with Gasteiger partial charge < -0.3 is 15.4 Å². The number of carbonyl (C=O) groups is 2. The Morgan fingerprint density at radius 1 is 1.29 bits per heavy atom. The summed E-state index contributed by atoms with van der Waals surface area (Å²) in [7, 11) is 0. The smallest absolute Gasteiger partial charge is 0.252 e. The molecule has 6 nitrogen and oxygen atoms in total. The summed E-state index contributed by atoms with van der Waals surface area (Å²) in [5.74, 6) is -0.443. The molecule has 1 fully saturated rings. The maximum atomic E-state index is 12.1. The average Bonchev–Trinajstić information content (AvgIpc) is 3.03. The van der Waals surface area contributed by atoms with E-state index in [1.165, 1.54) is 12.4 Å². The lowest BCUT2D eigenvalue weighted by molar-refractivity contribution is 0.0857. The van der Waals surface area contributed by atoms with Crippen LogP contribution in [0.1, 0.15) is 46.9 Å². The molecule has 1 aliphatic rings. The van der Waals surface area contributed by atoms with E-state index in [2.05, 4.69) is 15.6 Å². The minimum atomic E-state index is -0.233. The van der Waals surface area contributed by atoms with Gasteiger partial charge in [-0.1, -0.05) is 6.92 Å². The average molecular weight is 291 g/mol. The van der Waals surface area contributed by atoms with Crippen molar-refractivity contribution in [1.29, 1.82) is 0 Å². The third kappa shape index (κ3) is 4.53. The van der Waals surface area contributed by atoms with Crippen LogP contribution in [0, 0.1) is 0 Å².